The molecule has 0 unspecified atom stereocenters. The normalized spacial score (nSPS) is 27.1. The molecule has 0 bridgehead atoms. The molecule has 4 rings (SSSR count). The van der Waals surface area contributed by atoms with E-state index in [2.05, 4.69) is 24.8 Å². The van der Waals surface area contributed by atoms with Crippen molar-refractivity contribution in [2.45, 2.75) is 38.1 Å². The zero-order valence-electron chi connectivity index (χ0n) is 15.7. The van der Waals surface area contributed by atoms with Gasteiger partial charge in [-0.1, -0.05) is 5.16 Å². The summed E-state index contributed by atoms with van der Waals surface area (Å²) >= 11 is 0. The molecule has 2 aliphatic rings. The van der Waals surface area contributed by atoms with Crippen LogP contribution in [0.3, 0.4) is 0 Å². The molecule has 1 aliphatic heterocycles. The van der Waals surface area contributed by atoms with E-state index in [1.807, 2.05) is 0 Å². The number of aromatic nitrogens is 4. The van der Waals surface area contributed by atoms with Crippen LogP contribution in [0.15, 0.2) is 23.0 Å². The zero-order valence-corrected chi connectivity index (χ0v) is 16.5. The molecule has 28 heavy (non-hydrogen) atoms. The van der Waals surface area contributed by atoms with Crippen molar-refractivity contribution in [3.63, 3.8) is 0 Å². The van der Waals surface area contributed by atoms with Gasteiger partial charge in [-0.2, -0.15) is 4.98 Å². The summed E-state index contributed by atoms with van der Waals surface area (Å²) in [6.45, 7) is 4.17. The number of fused-ring (bicyclic) bond motifs is 1. The highest BCUT2D eigenvalue weighted by atomic mass is 32.2. The molecule has 1 amide bonds. The van der Waals surface area contributed by atoms with Gasteiger partial charge in [-0.15, -0.1) is 0 Å². The van der Waals surface area contributed by atoms with Crippen LogP contribution < -0.4 is 4.72 Å². The molecule has 1 N–H and O–H groups in total. The summed E-state index contributed by atoms with van der Waals surface area (Å²) in [5.74, 6) is 0.884. The number of rotatable bonds is 5. The van der Waals surface area contributed by atoms with E-state index in [-0.39, 0.29) is 29.4 Å². The second kappa shape index (κ2) is 6.89. The predicted octanol–water partition coefficient (Wildman–Crippen LogP) is 0.280. The van der Waals surface area contributed by atoms with Crippen LogP contribution in [-0.2, 0) is 15.4 Å². The average Bonchev–Trinajstić information content (AvgIpc) is 3.34. The molecule has 0 spiro atoms. The minimum atomic E-state index is -3.33. The van der Waals surface area contributed by atoms with Crippen LogP contribution in [0.25, 0.3) is 0 Å². The first-order valence-corrected chi connectivity index (χ1v) is 10.9. The van der Waals surface area contributed by atoms with Crippen molar-refractivity contribution in [1.82, 2.24) is 29.7 Å². The van der Waals surface area contributed by atoms with Crippen molar-refractivity contribution in [3.8, 4) is 0 Å². The second-order valence-electron chi connectivity index (χ2n) is 7.42. The summed E-state index contributed by atoms with van der Waals surface area (Å²) < 4.78 is 32.3. The molecule has 0 radical (unpaired) electrons. The van der Waals surface area contributed by atoms with Gasteiger partial charge in [-0.25, -0.2) is 23.1 Å². The molecule has 10 nitrogen and oxygen atoms in total. The number of carbonyl (C=O) groups is 1. The highest BCUT2D eigenvalue weighted by Gasteiger charge is 2.58. The van der Waals surface area contributed by atoms with Gasteiger partial charge < -0.3 is 9.42 Å². The van der Waals surface area contributed by atoms with Crippen molar-refractivity contribution >= 4 is 15.9 Å². The molecule has 150 valence electrons. The van der Waals surface area contributed by atoms with E-state index in [9.17, 15) is 13.2 Å². The lowest BCUT2D eigenvalue weighted by Gasteiger charge is -2.25. The van der Waals surface area contributed by atoms with E-state index >= 15 is 0 Å². The van der Waals surface area contributed by atoms with E-state index in [1.54, 1.807) is 24.8 Å². The SMILES string of the molecule is CCS(=O)(=O)N[C@@H]1C[C@H]2CN(C(=O)c3ncccn3)C[C@@]2(c2nc(C)no2)C1. The number of hydrogen-bond donors (Lipinski definition) is 1. The number of likely N-dealkylation sites (tertiary alicyclic amines) is 1. The third kappa shape index (κ3) is 3.28. The van der Waals surface area contributed by atoms with Gasteiger partial charge in [0.15, 0.2) is 5.82 Å². The molecule has 3 heterocycles. The summed E-state index contributed by atoms with van der Waals surface area (Å²) in [5.41, 5.74) is -0.577. The summed E-state index contributed by atoms with van der Waals surface area (Å²) in [5, 5.41) is 3.91. The minimum absolute atomic E-state index is 0.00423. The van der Waals surface area contributed by atoms with Crippen LogP contribution in [0, 0.1) is 12.8 Å². The third-order valence-corrected chi connectivity index (χ3v) is 7.05. The maximum absolute atomic E-state index is 12.8. The van der Waals surface area contributed by atoms with E-state index in [4.69, 9.17) is 4.52 Å². The number of nitrogens with zero attached hydrogens (tertiary/aromatic N) is 5. The molecule has 0 aromatic carbocycles. The van der Waals surface area contributed by atoms with Crippen LogP contribution in [0.4, 0.5) is 0 Å². The fourth-order valence-electron chi connectivity index (χ4n) is 4.33. The number of amides is 1. The van der Waals surface area contributed by atoms with E-state index in [0.29, 0.717) is 37.6 Å². The van der Waals surface area contributed by atoms with Crippen molar-refractivity contribution in [1.29, 1.82) is 0 Å². The number of nitrogens with one attached hydrogen (secondary N) is 1. The Morgan fingerprint density at radius 1 is 1.39 bits per heavy atom. The van der Waals surface area contributed by atoms with Crippen LogP contribution >= 0.6 is 0 Å². The summed E-state index contributed by atoms with van der Waals surface area (Å²) in [4.78, 5) is 27.0. The van der Waals surface area contributed by atoms with Crippen LogP contribution in [-0.4, -0.2) is 64.2 Å². The smallest absolute Gasteiger partial charge is 0.291 e. The molecular weight excluding hydrogens is 384 g/mol. The van der Waals surface area contributed by atoms with Gasteiger partial charge in [-0.3, -0.25) is 4.79 Å². The predicted molar refractivity (Wildman–Crippen MR) is 97.8 cm³/mol. The maximum atomic E-state index is 12.8. The summed E-state index contributed by atoms with van der Waals surface area (Å²) in [6, 6.07) is 1.43. The van der Waals surface area contributed by atoms with Gasteiger partial charge in [0.1, 0.15) is 0 Å². The Balaban J connectivity index is 1.62. The van der Waals surface area contributed by atoms with E-state index < -0.39 is 15.4 Å². The molecular formula is C17H22N6O4S. The number of hydrogen-bond acceptors (Lipinski definition) is 8. The quantitative estimate of drug-likeness (QED) is 0.749. The highest BCUT2D eigenvalue weighted by molar-refractivity contribution is 7.89. The van der Waals surface area contributed by atoms with Gasteiger partial charge in [0.05, 0.1) is 11.2 Å². The molecule has 1 aliphatic carbocycles. The molecule has 2 aromatic rings. The highest BCUT2D eigenvalue weighted by Crippen LogP contribution is 2.50. The minimum Gasteiger partial charge on any atom is -0.339 e. The second-order valence-corrected chi connectivity index (χ2v) is 9.46. The number of carbonyl (C=O) groups excluding carboxylic acids is 1. The average molecular weight is 406 g/mol. The molecule has 3 atom stereocenters. The van der Waals surface area contributed by atoms with Gasteiger partial charge >= 0.3 is 0 Å². The Hall–Kier alpha value is -2.40. The summed E-state index contributed by atoms with van der Waals surface area (Å²) in [7, 11) is -3.33. The van der Waals surface area contributed by atoms with E-state index in [1.165, 1.54) is 12.4 Å². The molecule has 2 aromatic heterocycles. The lowest BCUT2D eigenvalue weighted by molar-refractivity contribution is 0.0761. The van der Waals surface area contributed by atoms with Crippen molar-refractivity contribution in [3.05, 3.63) is 36.0 Å². The van der Waals surface area contributed by atoms with Crippen LogP contribution in [0.5, 0.6) is 0 Å². The molecule has 11 heteroatoms. The van der Waals surface area contributed by atoms with Gasteiger partial charge in [-0.05, 0) is 38.7 Å². The fourth-order valence-corrected chi connectivity index (χ4v) is 5.19. The number of sulfonamides is 1. The Bertz CT molecular complexity index is 979. The van der Waals surface area contributed by atoms with Gasteiger partial charge in [0.2, 0.25) is 21.7 Å². The summed E-state index contributed by atoms with van der Waals surface area (Å²) in [6.07, 6.45) is 4.16. The lowest BCUT2D eigenvalue weighted by atomic mass is 9.80. The fraction of sp³-hybridized carbons (Fsp3) is 0.588. The Morgan fingerprint density at radius 2 is 2.14 bits per heavy atom. The van der Waals surface area contributed by atoms with Crippen molar-refractivity contribution < 1.29 is 17.7 Å². The first-order valence-electron chi connectivity index (χ1n) is 9.20. The van der Waals surface area contributed by atoms with Crippen LogP contribution in [0.1, 0.15) is 42.1 Å². The Kier molecular flexibility index (Phi) is 4.66. The Morgan fingerprint density at radius 3 is 2.79 bits per heavy atom. The van der Waals surface area contributed by atoms with Gasteiger partial charge in [0, 0.05) is 31.5 Å². The topological polar surface area (TPSA) is 131 Å². The Labute approximate surface area is 162 Å². The van der Waals surface area contributed by atoms with Crippen LogP contribution in [0.2, 0.25) is 0 Å². The van der Waals surface area contributed by atoms with Crippen molar-refractivity contribution in [2.75, 3.05) is 18.8 Å². The van der Waals surface area contributed by atoms with Gasteiger partial charge in [0.25, 0.3) is 5.91 Å². The largest absolute Gasteiger partial charge is 0.339 e. The lowest BCUT2D eigenvalue weighted by Crippen LogP contribution is -2.40. The number of aryl methyl sites for hydroxylation is 1. The van der Waals surface area contributed by atoms with Crippen molar-refractivity contribution in [2.24, 2.45) is 5.92 Å². The molecule has 2 fully saturated rings. The molecule has 1 saturated carbocycles. The standard InChI is InChI=1S/C17H22N6O4S/c1-3-28(25,26)22-13-7-12-9-23(15(24)14-18-5-4-6-19-14)10-17(12,8-13)16-20-11(2)21-27-16/h4-6,12-13,22H,3,7-10H2,1-2H3/t12-,13+,17-/m0/s1. The monoisotopic (exact) mass is 406 g/mol. The third-order valence-electron chi connectivity index (χ3n) is 5.60. The molecule has 1 saturated heterocycles. The maximum Gasteiger partial charge on any atom is 0.291 e. The first-order chi connectivity index (χ1) is 13.3. The van der Waals surface area contributed by atoms with E-state index in [0.717, 1.165) is 0 Å². The zero-order chi connectivity index (χ0) is 19.9. The first kappa shape index (κ1) is 18.9.